The summed E-state index contributed by atoms with van der Waals surface area (Å²) in [5.74, 6) is 0.850. The molecule has 0 saturated carbocycles. The Morgan fingerprint density at radius 3 is 2.53 bits per heavy atom. The summed E-state index contributed by atoms with van der Waals surface area (Å²) in [5.41, 5.74) is 9.78. The summed E-state index contributed by atoms with van der Waals surface area (Å²) in [7, 11) is 0. The fourth-order valence-corrected chi connectivity index (χ4v) is 1.69. The highest BCUT2D eigenvalue weighted by Gasteiger charge is 2.00. The van der Waals surface area contributed by atoms with Gasteiger partial charge in [0.05, 0.1) is 11.9 Å². The maximum absolute atomic E-state index is 5.67. The van der Waals surface area contributed by atoms with Gasteiger partial charge >= 0.3 is 0 Å². The number of nitrogen functional groups attached to an aromatic ring is 1. The van der Waals surface area contributed by atoms with E-state index >= 15 is 0 Å². The zero-order valence-electron chi connectivity index (χ0n) is 10.2. The van der Waals surface area contributed by atoms with Crippen LogP contribution in [0.15, 0.2) is 36.5 Å². The van der Waals surface area contributed by atoms with Crippen LogP contribution >= 0.6 is 0 Å². The van der Waals surface area contributed by atoms with E-state index in [9.17, 15) is 0 Å². The number of nitrogens with zero attached hydrogens (tertiary/aromatic N) is 1. The molecule has 1 aromatic carbocycles. The largest absolute Gasteiger partial charge is 0.397 e. The highest BCUT2D eigenvalue weighted by atomic mass is 15.0. The topological polar surface area (TPSA) is 50.9 Å². The van der Waals surface area contributed by atoms with Gasteiger partial charge in [-0.2, -0.15) is 0 Å². The first-order chi connectivity index (χ1) is 8.19. The van der Waals surface area contributed by atoms with Gasteiger partial charge in [0.15, 0.2) is 0 Å². The molecule has 3 nitrogen and oxygen atoms in total. The van der Waals surface area contributed by atoms with Crippen LogP contribution in [0.5, 0.6) is 0 Å². The van der Waals surface area contributed by atoms with Crippen LogP contribution in [0.4, 0.5) is 17.2 Å². The molecule has 3 heteroatoms. The van der Waals surface area contributed by atoms with Crippen molar-refractivity contribution in [2.45, 2.75) is 20.3 Å². The number of anilines is 3. The van der Waals surface area contributed by atoms with Gasteiger partial charge < -0.3 is 11.1 Å². The summed E-state index contributed by atoms with van der Waals surface area (Å²) >= 11 is 0. The van der Waals surface area contributed by atoms with Crippen molar-refractivity contribution in [1.29, 1.82) is 0 Å². The fourth-order valence-electron chi connectivity index (χ4n) is 1.69. The number of nitrogens with two attached hydrogens (primary N) is 1. The van der Waals surface area contributed by atoms with E-state index in [1.165, 1.54) is 5.56 Å². The molecule has 2 aromatic rings. The number of hydrogen-bond acceptors (Lipinski definition) is 3. The number of aromatic nitrogens is 1. The zero-order valence-corrected chi connectivity index (χ0v) is 10.2. The molecule has 1 heterocycles. The van der Waals surface area contributed by atoms with Crippen molar-refractivity contribution in [1.82, 2.24) is 4.98 Å². The summed E-state index contributed by atoms with van der Waals surface area (Å²) in [6.07, 6.45) is 2.72. The second kappa shape index (κ2) is 4.87. The van der Waals surface area contributed by atoms with E-state index in [0.717, 1.165) is 23.5 Å². The molecule has 0 radical (unpaired) electrons. The van der Waals surface area contributed by atoms with Gasteiger partial charge in [-0.1, -0.05) is 19.1 Å². The lowest BCUT2D eigenvalue weighted by Crippen LogP contribution is -1.98. The lowest BCUT2D eigenvalue weighted by atomic mass is 10.1. The minimum absolute atomic E-state index is 0.689. The number of hydrogen-bond donors (Lipinski definition) is 2. The Bertz CT molecular complexity index is 503. The Balaban J connectivity index is 2.19. The van der Waals surface area contributed by atoms with Gasteiger partial charge in [-0.3, -0.25) is 0 Å². The molecular formula is C14H17N3. The van der Waals surface area contributed by atoms with Crippen molar-refractivity contribution < 1.29 is 0 Å². The van der Waals surface area contributed by atoms with E-state index in [4.69, 9.17) is 5.73 Å². The predicted molar refractivity (Wildman–Crippen MR) is 72.5 cm³/mol. The summed E-state index contributed by atoms with van der Waals surface area (Å²) in [6.45, 7) is 4.14. The van der Waals surface area contributed by atoms with Crippen molar-refractivity contribution in [3.05, 3.63) is 47.7 Å². The number of nitrogens with one attached hydrogen (secondary N) is 1. The molecule has 0 amide bonds. The van der Waals surface area contributed by atoms with Crippen LogP contribution in [0.1, 0.15) is 18.1 Å². The molecule has 17 heavy (non-hydrogen) atoms. The lowest BCUT2D eigenvalue weighted by molar-refractivity contribution is 1.14. The van der Waals surface area contributed by atoms with Crippen LogP contribution in [-0.4, -0.2) is 4.98 Å². The average Bonchev–Trinajstić information content (AvgIpc) is 2.34. The Morgan fingerprint density at radius 1 is 1.24 bits per heavy atom. The molecule has 3 N–H and O–H groups in total. The van der Waals surface area contributed by atoms with E-state index in [-0.39, 0.29) is 0 Å². The van der Waals surface area contributed by atoms with Crippen LogP contribution in [0, 0.1) is 6.92 Å². The minimum Gasteiger partial charge on any atom is -0.397 e. The quantitative estimate of drug-likeness (QED) is 0.846. The molecule has 0 unspecified atom stereocenters. The average molecular weight is 227 g/mol. The van der Waals surface area contributed by atoms with E-state index in [1.807, 2.05) is 13.0 Å². The summed E-state index contributed by atoms with van der Waals surface area (Å²) in [6, 6.07) is 10.3. The molecule has 88 valence electrons. The van der Waals surface area contributed by atoms with Crippen LogP contribution in [-0.2, 0) is 6.42 Å². The maximum Gasteiger partial charge on any atom is 0.133 e. The van der Waals surface area contributed by atoms with Crippen molar-refractivity contribution in [3.63, 3.8) is 0 Å². The van der Waals surface area contributed by atoms with Gasteiger partial charge in [-0.15, -0.1) is 0 Å². The number of aryl methyl sites for hydroxylation is 2. The van der Waals surface area contributed by atoms with E-state index < -0.39 is 0 Å². The molecule has 0 bridgehead atoms. The normalized spacial score (nSPS) is 10.2. The molecule has 0 fully saturated rings. The van der Waals surface area contributed by atoms with Gasteiger partial charge in [0, 0.05) is 5.69 Å². The summed E-state index contributed by atoms with van der Waals surface area (Å²) in [4.78, 5) is 4.28. The standard InChI is InChI=1S/C14H17N3/c1-3-11-4-6-13(7-5-11)17-14-10(2)8-12(15)9-16-14/h4-9H,3,15H2,1-2H3,(H,16,17). The first-order valence-electron chi connectivity index (χ1n) is 5.77. The molecule has 0 atom stereocenters. The van der Waals surface area contributed by atoms with Crippen LogP contribution in [0.25, 0.3) is 0 Å². The van der Waals surface area contributed by atoms with E-state index in [0.29, 0.717) is 5.69 Å². The van der Waals surface area contributed by atoms with E-state index in [1.54, 1.807) is 6.20 Å². The first kappa shape index (κ1) is 11.5. The smallest absolute Gasteiger partial charge is 0.133 e. The highest BCUT2D eigenvalue weighted by Crippen LogP contribution is 2.20. The molecule has 2 rings (SSSR count). The number of rotatable bonds is 3. The van der Waals surface area contributed by atoms with E-state index in [2.05, 4.69) is 41.5 Å². The molecule has 0 spiro atoms. The third-order valence-corrected chi connectivity index (χ3v) is 2.72. The SMILES string of the molecule is CCc1ccc(Nc2ncc(N)cc2C)cc1. The monoisotopic (exact) mass is 227 g/mol. The Hall–Kier alpha value is -2.03. The van der Waals surface area contributed by atoms with Gasteiger partial charge in [0.25, 0.3) is 0 Å². The van der Waals surface area contributed by atoms with Crippen LogP contribution in [0.3, 0.4) is 0 Å². The Kier molecular flexibility index (Phi) is 3.28. The van der Waals surface area contributed by atoms with Crippen molar-refractivity contribution in [2.24, 2.45) is 0 Å². The predicted octanol–water partition coefficient (Wildman–Crippen LogP) is 3.28. The third kappa shape index (κ3) is 2.75. The Morgan fingerprint density at radius 2 is 1.94 bits per heavy atom. The first-order valence-corrected chi connectivity index (χ1v) is 5.77. The molecule has 1 aromatic heterocycles. The fraction of sp³-hybridized carbons (Fsp3) is 0.214. The summed E-state index contributed by atoms with van der Waals surface area (Å²) in [5, 5.41) is 3.28. The molecule has 0 saturated heterocycles. The minimum atomic E-state index is 0.689. The second-order valence-electron chi connectivity index (χ2n) is 4.11. The molecule has 0 aliphatic carbocycles. The lowest BCUT2D eigenvalue weighted by Gasteiger charge is -2.09. The van der Waals surface area contributed by atoms with Gasteiger partial charge in [-0.25, -0.2) is 4.98 Å². The molecule has 0 aliphatic rings. The number of pyridine rings is 1. The van der Waals surface area contributed by atoms with Crippen LogP contribution in [0.2, 0.25) is 0 Å². The van der Waals surface area contributed by atoms with Crippen molar-refractivity contribution in [3.8, 4) is 0 Å². The molecule has 0 aliphatic heterocycles. The van der Waals surface area contributed by atoms with Crippen molar-refractivity contribution >= 4 is 17.2 Å². The third-order valence-electron chi connectivity index (χ3n) is 2.72. The molecular weight excluding hydrogens is 210 g/mol. The second-order valence-corrected chi connectivity index (χ2v) is 4.11. The Labute approximate surface area is 102 Å². The zero-order chi connectivity index (χ0) is 12.3. The highest BCUT2D eigenvalue weighted by molar-refractivity contribution is 5.61. The maximum atomic E-state index is 5.67. The number of benzene rings is 1. The summed E-state index contributed by atoms with van der Waals surface area (Å²) < 4.78 is 0. The van der Waals surface area contributed by atoms with Gasteiger partial charge in [0.2, 0.25) is 0 Å². The van der Waals surface area contributed by atoms with Gasteiger partial charge in [-0.05, 0) is 42.7 Å². The van der Waals surface area contributed by atoms with Crippen LogP contribution < -0.4 is 11.1 Å². The van der Waals surface area contributed by atoms with Gasteiger partial charge in [0.1, 0.15) is 5.82 Å². The van der Waals surface area contributed by atoms with Crippen molar-refractivity contribution in [2.75, 3.05) is 11.1 Å².